The van der Waals surface area contributed by atoms with Crippen molar-refractivity contribution in [3.63, 3.8) is 0 Å². The molecular formula is C26H28N2O4S. The largest absolute Gasteiger partial charge is 0.464 e. The molecule has 2 heterocycles. The monoisotopic (exact) mass is 464 g/mol. The van der Waals surface area contributed by atoms with Crippen molar-refractivity contribution in [1.29, 1.82) is 0 Å². The maximum Gasteiger partial charge on any atom is 0.239 e. The average Bonchev–Trinajstić information content (AvgIpc) is 3.40. The third kappa shape index (κ3) is 3.64. The molecule has 1 aliphatic heterocycles. The van der Waals surface area contributed by atoms with E-state index in [9.17, 15) is 13.2 Å². The average molecular weight is 465 g/mol. The summed E-state index contributed by atoms with van der Waals surface area (Å²) in [5.74, 6) is 1.40. The van der Waals surface area contributed by atoms with Gasteiger partial charge in [-0.3, -0.25) is 9.10 Å². The number of furan rings is 1. The van der Waals surface area contributed by atoms with Crippen molar-refractivity contribution >= 4 is 21.6 Å². The number of sulfonamides is 1. The third-order valence-corrected chi connectivity index (χ3v) is 8.68. The SMILES string of the molecule is Cc1ccc(C(NC(=O)C2(c3ccc4c(c3)CS(=O)(=O)N4C)CC2)c2ccc(C)o2)c(C)c1. The minimum absolute atomic E-state index is 0.0266. The molecule has 1 aliphatic carbocycles. The lowest BCUT2D eigenvalue weighted by Gasteiger charge is -2.24. The van der Waals surface area contributed by atoms with Crippen molar-refractivity contribution in [2.24, 2.45) is 0 Å². The normalized spacial score (nSPS) is 18.6. The molecule has 0 radical (unpaired) electrons. The van der Waals surface area contributed by atoms with Crippen molar-refractivity contribution in [3.05, 3.63) is 87.9 Å². The molecular weight excluding hydrogens is 436 g/mol. The number of fused-ring (bicyclic) bond motifs is 1. The predicted octanol–water partition coefficient (Wildman–Crippen LogP) is 4.42. The number of hydrogen-bond acceptors (Lipinski definition) is 4. The fourth-order valence-electron chi connectivity index (χ4n) is 4.85. The highest BCUT2D eigenvalue weighted by Crippen LogP contribution is 2.50. The Hall–Kier alpha value is -3.06. The number of rotatable bonds is 5. The Morgan fingerprint density at radius 3 is 2.45 bits per heavy atom. The van der Waals surface area contributed by atoms with Crippen LogP contribution in [0.3, 0.4) is 0 Å². The highest BCUT2D eigenvalue weighted by molar-refractivity contribution is 7.92. The number of carbonyl (C=O) groups excluding carboxylic acids is 1. The second-order valence-corrected chi connectivity index (χ2v) is 11.4. The van der Waals surface area contributed by atoms with Crippen LogP contribution in [0.5, 0.6) is 0 Å². The molecule has 1 N–H and O–H groups in total. The first-order valence-corrected chi connectivity index (χ1v) is 12.8. The molecule has 1 unspecified atom stereocenters. The summed E-state index contributed by atoms with van der Waals surface area (Å²) < 4.78 is 31.8. The zero-order chi connectivity index (χ0) is 23.5. The van der Waals surface area contributed by atoms with Crippen molar-refractivity contribution < 1.29 is 17.6 Å². The summed E-state index contributed by atoms with van der Waals surface area (Å²) in [5.41, 5.74) is 4.92. The first-order chi connectivity index (χ1) is 15.6. The van der Waals surface area contributed by atoms with Gasteiger partial charge in [0, 0.05) is 7.05 Å². The summed E-state index contributed by atoms with van der Waals surface area (Å²) in [6.45, 7) is 5.98. The number of carbonyl (C=O) groups is 1. The maximum atomic E-state index is 13.7. The molecule has 1 amide bonds. The van der Waals surface area contributed by atoms with Gasteiger partial charge in [-0.05, 0) is 74.1 Å². The number of aryl methyl sites for hydroxylation is 3. The third-order valence-electron chi connectivity index (χ3n) is 6.97. The fraction of sp³-hybridized carbons (Fsp3) is 0.346. The molecule has 1 aromatic heterocycles. The summed E-state index contributed by atoms with van der Waals surface area (Å²) in [5, 5.41) is 3.26. The molecule has 2 aromatic carbocycles. The molecule has 172 valence electrons. The van der Waals surface area contributed by atoms with E-state index in [2.05, 4.69) is 11.4 Å². The summed E-state index contributed by atoms with van der Waals surface area (Å²) in [6.07, 6.45) is 1.47. The van der Waals surface area contributed by atoms with E-state index in [-0.39, 0.29) is 11.7 Å². The van der Waals surface area contributed by atoms with Crippen molar-refractivity contribution in [1.82, 2.24) is 5.32 Å². The van der Waals surface area contributed by atoms with E-state index in [0.717, 1.165) is 46.4 Å². The number of nitrogens with zero attached hydrogens (tertiary/aromatic N) is 1. The molecule has 2 aliphatic rings. The smallest absolute Gasteiger partial charge is 0.239 e. The van der Waals surface area contributed by atoms with Crippen molar-refractivity contribution in [3.8, 4) is 0 Å². The van der Waals surface area contributed by atoms with Gasteiger partial charge >= 0.3 is 0 Å². The first kappa shape index (κ1) is 21.8. The lowest BCUT2D eigenvalue weighted by Crippen LogP contribution is -2.38. The summed E-state index contributed by atoms with van der Waals surface area (Å²) >= 11 is 0. The topological polar surface area (TPSA) is 79.6 Å². The van der Waals surface area contributed by atoms with E-state index >= 15 is 0 Å². The van der Waals surface area contributed by atoms with Gasteiger partial charge in [0.2, 0.25) is 15.9 Å². The molecule has 1 saturated carbocycles. The maximum absolute atomic E-state index is 13.7. The molecule has 1 atom stereocenters. The van der Waals surface area contributed by atoms with Crippen LogP contribution < -0.4 is 9.62 Å². The van der Waals surface area contributed by atoms with E-state index in [4.69, 9.17) is 4.42 Å². The number of amides is 1. The Bertz CT molecular complexity index is 1370. The minimum atomic E-state index is -3.32. The van der Waals surface area contributed by atoms with Crippen LogP contribution in [-0.4, -0.2) is 21.4 Å². The van der Waals surface area contributed by atoms with Gasteiger partial charge in [-0.15, -0.1) is 0 Å². The van der Waals surface area contributed by atoms with E-state index in [0.29, 0.717) is 11.4 Å². The first-order valence-electron chi connectivity index (χ1n) is 11.2. The highest BCUT2D eigenvalue weighted by atomic mass is 32.2. The fourth-order valence-corrected chi connectivity index (χ4v) is 6.15. The molecule has 1 fully saturated rings. The van der Waals surface area contributed by atoms with Gasteiger partial charge in [0.05, 0.1) is 16.9 Å². The van der Waals surface area contributed by atoms with Crippen LogP contribution in [0.25, 0.3) is 0 Å². The summed E-state index contributed by atoms with van der Waals surface area (Å²) in [4.78, 5) is 13.7. The Morgan fingerprint density at radius 2 is 1.82 bits per heavy atom. The Labute approximate surface area is 194 Å². The van der Waals surface area contributed by atoms with Gasteiger partial charge in [-0.2, -0.15) is 0 Å². The van der Waals surface area contributed by atoms with Crippen molar-refractivity contribution in [2.75, 3.05) is 11.4 Å². The van der Waals surface area contributed by atoms with Gasteiger partial charge in [-0.1, -0.05) is 35.9 Å². The molecule has 0 saturated heterocycles. The van der Waals surface area contributed by atoms with Gasteiger partial charge in [0.15, 0.2) is 0 Å². The predicted molar refractivity (Wildman–Crippen MR) is 128 cm³/mol. The molecule has 7 heteroatoms. The molecule has 5 rings (SSSR count). The second kappa shape index (κ2) is 7.48. The molecule has 0 spiro atoms. The molecule has 6 nitrogen and oxygen atoms in total. The van der Waals surface area contributed by atoms with E-state index in [1.807, 2.05) is 63.2 Å². The van der Waals surface area contributed by atoms with Crippen molar-refractivity contribution in [2.45, 2.75) is 50.8 Å². The van der Waals surface area contributed by atoms with Crippen LogP contribution in [0.2, 0.25) is 0 Å². The minimum Gasteiger partial charge on any atom is -0.464 e. The van der Waals surface area contributed by atoms with Gasteiger partial charge in [0.1, 0.15) is 17.6 Å². The number of benzene rings is 2. The van der Waals surface area contributed by atoms with Crippen LogP contribution in [0.15, 0.2) is 52.9 Å². The van der Waals surface area contributed by atoms with Crippen LogP contribution in [0, 0.1) is 20.8 Å². The number of hydrogen-bond donors (Lipinski definition) is 1. The lowest BCUT2D eigenvalue weighted by molar-refractivity contribution is -0.124. The van der Waals surface area contributed by atoms with Crippen LogP contribution >= 0.6 is 0 Å². The van der Waals surface area contributed by atoms with Crippen LogP contribution in [0.1, 0.15) is 58.2 Å². The van der Waals surface area contributed by atoms with Gasteiger partial charge in [0.25, 0.3) is 0 Å². The van der Waals surface area contributed by atoms with Gasteiger partial charge < -0.3 is 9.73 Å². The van der Waals surface area contributed by atoms with E-state index < -0.39 is 21.5 Å². The standard InChI is InChI=1S/C26H28N2O4S/c1-16-5-8-21(17(2)13-16)24(23-10-6-18(3)32-23)27-25(29)26(11-12-26)20-7-9-22-19(14-20)15-33(30,31)28(22)4/h5-10,13-14,24H,11-12,15H2,1-4H3,(H,27,29). The van der Waals surface area contributed by atoms with Crippen LogP contribution in [-0.2, 0) is 26.0 Å². The Kier molecular flexibility index (Phi) is 4.94. The van der Waals surface area contributed by atoms with Gasteiger partial charge in [-0.25, -0.2) is 8.42 Å². The number of nitrogens with one attached hydrogen (secondary N) is 1. The Balaban J connectivity index is 1.48. The quantitative estimate of drug-likeness (QED) is 0.606. The highest BCUT2D eigenvalue weighted by Gasteiger charge is 2.52. The van der Waals surface area contributed by atoms with Crippen LogP contribution in [0.4, 0.5) is 5.69 Å². The summed E-state index contributed by atoms with van der Waals surface area (Å²) in [6, 6.07) is 15.2. The lowest BCUT2D eigenvalue weighted by atomic mass is 9.91. The zero-order valence-electron chi connectivity index (χ0n) is 19.3. The molecule has 3 aromatic rings. The summed E-state index contributed by atoms with van der Waals surface area (Å²) in [7, 11) is -1.75. The molecule has 0 bridgehead atoms. The number of anilines is 1. The zero-order valence-corrected chi connectivity index (χ0v) is 20.1. The van der Waals surface area contributed by atoms with E-state index in [1.165, 1.54) is 4.31 Å². The second-order valence-electron chi connectivity index (χ2n) is 9.36. The Morgan fingerprint density at radius 1 is 1.06 bits per heavy atom. The van der Waals surface area contributed by atoms with E-state index in [1.54, 1.807) is 7.05 Å². The molecule has 33 heavy (non-hydrogen) atoms.